The van der Waals surface area contributed by atoms with Gasteiger partial charge in [0.2, 0.25) is 0 Å². The van der Waals surface area contributed by atoms with Gasteiger partial charge in [0.15, 0.2) is 17.5 Å². The SMILES string of the molecule is c1ccc(-c2ccc(-c3nc(-c4ccccc4)nc(-c4cccc(-n5c6ccccc6c6cc7c(cc65)C5(c6ccccc6O7)c6ccccc6-c6ccccc65)c4)n3)cc2)cc1. The van der Waals surface area contributed by atoms with Crippen molar-refractivity contribution < 1.29 is 4.74 Å². The van der Waals surface area contributed by atoms with E-state index >= 15 is 0 Å². The van der Waals surface area contributed by atoms with Gasteiger partial charge in [0.05, 0.1) is 16.4 Å². The highest BCUT2D eigenvalue weighted by Gasteiger charge is 2.51. The molecule has 0 fully saturated rings. The average molecular weight is 805 g/mol. The van der Waals surface area contributed by atoms with E-state index in [9.17, 15) is 0 Å². The molecule has 5 heteroatoms. The molecule has 0 saturated heterocycles. The summed E-state index contributed by atoms with van der Waals surface area (Å²) in [6.45, 7) is 0. The van der Waals surface area contributed by atoms with E-state index in [1.165, 1.54) is 22.3 Å². The van der Waals surface area contributed by atoms with Crippen molar-refractivity contribution in [3.05, 3.63) is 241 Å². The molecule has 0 N–H and O–H groups in total. The molecule has 11 aromatic rings. The summed E-state index contributed by atoms with van der Waals surface area (Å²) in [6.07, 6.45) is 0. The largest absolute Gasteiger partial charge is 0.457 e. The molecule has 63 heavy (non-hydrogen) atoms. The van der Waals surface area contributed by atoms with E-state index in [4.69, 9.17) is 19.7 Å². The summed E-state index contributed by atoms with van der Waals surface area (Å²) in [7, 11) is 0. The molecule has 9 aromatic carbocycles. The van der Waals surface area contributed by atoms with Gasteiger partial charge in [0.25, 0.3) is 0 Å². The molecule has 0 bridgehead atoms. The molecule has 0 radical (unpaired) electrons. The van der Waals surface area contributed by atoms with Gasteiger partial charge >= 0.3 is 0 Å². The molecule has 0 saturated carbocycles. The molecule has 1 aliphatic carbocycles. The Kier molecular flexibility index (Phi) is 7.75. The zero-order valence-corrected chi connectivity index (χ0v) is 34.0. The van der Waals surface area contributed by atoms with Gasteiger partial charge in [-0.2, -0.15) is 0 Å². The van der Waals surface area contributed by atoms with Gasteiger partial charge in [0.1, 0.15) is 11.5 Å². The molecule has 1 aliphatic heterocycles. The second-order valence-corrected chi connectivity index (χ2v) is 16.3. The Morgan fingerprint density at radius 2 is 0.857 bits per heavy atom. The molecule has 0 unspecified atom stereocenters. The van der Waals surface area contributed by atoms with Crippen molar-refractivity contribution in [2.24, 2.45) is 0 Å². The quantitative estimate of drug-likeness (QED) is 0.174. The van der Waals surface area contributed by atoms with Crippen LogP contribution in [0.1, 0.15) is 22.3 Å². The lowest BCUT2D eigenvalue weighted by Crippen LogP contribution is -2.32. The Labute approximate surface area is 364 Å². The predicted octanol–water partition coefficient (Wildman–Crippen LogP) is 14.1. The first-order valence-corrected chi connectivity index (χ1v) is 21.3. The third-order valence-electron chi connectivity index (χ3n) is 12.9. The first-order chi connectivity index (χ1) is 31.2. The van der Waals surface area contributed by atoms with Gasteiger partial charge in [-0.15, -0.1) is 0 Å². The summed E-state index contributed by atoms with van der Waals surface area (Å²) in [6, 6.07) is 77.2. The second-order valence-electron chi connectivity index (χ2n) is 16.3. The molecular formula is C58H36N4O. The predicted molar refractivity (Wildman–Crippen MR) is 253 cm³/mol. The second kappa shape index (κ2) is 13.8. The minimum absolute atomic E-state index is 0.580. The number of fused-ring (bicyclic) bond motifs is 12. The molecule has 2 aliphatic rings. The number of benzene rings is 9. The van der Waals surface area contributed by atoms with Gasteiger partial charge in [0, 0.05) is 44.3 Å². The minimum Gasteiger partial charge on any atom is -0.457 e. The van der Waals surface area contributed by atoms with Crippen LogP contribution in [-0.2, 0) is 5.41 Å². The van der Waals surface area contributed by atoms with Crippen LogP contribution in [-0.4, -0.2) is 19.5 Å². The van der Waals surface area contributed by atoms with Crippen molar-refractivity contribution in [1.29, 1.82) is 0 Å². The number of para-hydroxylation sites is 2. The van der Waals surface area contributed by atoms with Crippen molar-refractivity contribution in [2.45, 2.75) is 5.41 Å². The zero-order chi connectivity index (χ0) is 41.5. The Balaban J connectivity index is 1.02. The number of ether oxygens (including phenoxy) is 1. The topological polar surface area (TPSA) is 52.8 Å². The lowest BCUT2D eigenvalue weighted by Gasteiger charge is -2.39. The molecule has 13 rings (SSSR count). The van der Waals surface area contributed by atoms with Crippen molar-refractivity contribution in [1.82, 2.24) is 19.5 Å². The van der Waals surface area contributed by atoms with E-state index in [1.807, 2.05) is 36.4 Å². The van der Waals surface area contributed by atoms with Crippen molar-refractivity contribution >= 4 is 21.8 Å². The number of aromatic nitrogens is 4. The number of rotatable bonds is 5. The zero-order valence-electron chi connectivity index (χ0n) is 34.0. The Hall–Kier alpha value is -8.41. The first-order valence-electron chi connectivity index (χ1n) is 21.3. The van der Waals surface area contributed by atoms with Gasteiger partial charge in [-0.05, 0) is 69.8 Å². The molecule has 5 nitrogen and oxygen atoms in total. The number of nitrogens with zero attached hydrogens (tertiary/aromatic N) is 4. The van der Waals surface area contributed by atoms with Crippen LogP contribution in [0.3, 0.4) is 0 Å². The van der Waals surface area contributed by atoms with E-state index in [0.717, 1.165) is 77.9 Å². The van der Waals surface area contributed by atoms with E-state index in [-0.39, 0.29) is 0 Å². The fourth-order valence-electron chi connectivity index (χ4n) is 10.2. The van der Waals surface area contributed by atoms with Crippen molar-refractivity contribution in [2.75, 3.05) is 0 Å². The van der Waals surface area contributed by atoms with E-state index < -0.39 is 5.41 Å². The third-order valence-corrected chi connectivity index (χ3v) is 12.9. The maximum Gasteiger partial charge on any atom is 0.164 e. The fourth-order valence-corrected chi connectivity index (χ4v) is 10.2. The smallest absolute Gasteiger partial charge is 0.164 e. The number of hydrogen-bond donors (Lipinski definition) is 0. The average Bonchev–Trinajstić information content (AvgIpc) is 3.84. The van der Waals surface area contributed by atoms with Gasteiger partial charge in [-0.3, -0.25) is 0 Å². The molecule has 0 amide bonds. The van der Waals surface area contributed by atoms with Gasteiger partial charge in [-0.1, -0.05) is 182 Å². The standard InChI is InChI=1S/C58H36N4O/c1-3-16-37(17-4-1)38-30-32-40(33-31-38)56-59-55(39-18-5-2-6-19-39)60-57(61-56)41-20-15-21-42(34-41)62-51-28-13-9-24-45(51)46-35-54-50(36-52(46)62)58(49-27-12-14-29-53(49)63-54)47-25-10-7-22-43(47)44-23-8-11-26-48(44)58/h1-36H. The summed E-state index contributed by atoms with van der Waals surface area (Å²) in [5, 5.41) is 2.27. The lowest BCUT2D eigenvalue weighted by molar-refractivity contribution is 0.437. The van der Waals surface area contributed by atoms with Crippen LogP contribution in [0.4, 0.5) is 0 Å². The molecule has 2 aromatic heterocycles. The Morgan fingerprint density at radius 3 is 1.57 bits per heavy atom. The van der Waals surface area contributed by atoms with E-state index in [2.05, 4.69) is 187 Å². The summed E-state index contributed by atoms with van der Waals surface area (Å²) >= 11 is 0. The summed E-state index contributed by atoms with van der Waals surface area (Å²) in [4.78, 5) is 15.3. The van der Waals surface area contributed by atoms with Crippen LogP contribution in [0.5, 0.6) is 11.5 Å². The number of hydrogen-bond acceptors (Lipinski definition) is 4. The lowest BCUT2D eigenvalue weighted by atomic mass is 9.66. The first kappa shape index (κ1) is 35.4. The maximum absolute atomic E-state index is 6.94. The van der Waals surface area contributed by atoms with Crippen LogP contribution in [0.25, 0.3) is 83.9 Å². The van der Waals surface area contributed by atoms with Crippen LogP contribution in [0.2, 0.25) is 0 Å². The Bertz CT molecular complexity index is 3550. The monoisotopic (exact) mass is 804 g/mol. The van der Waals surface area contributed by atoms with Gasteiger partial charge < -0.3 is 9.30 Å². The molecule has 3 heterocycles. The van der Waals surface area contributed by atoms with E-state index in [1.54, 1.807) is 0 Å². The van der Waals surface area contributed by atoms with Gasteiger partial charge in [-0.25, -0.2) is 15.0 Å². The Morgan fingerprint density at radius 1 is 0.333 bits per heavy atom. The van der Waals surface area contributed by atoms with Crippen LogP contribution in [0, 0.1) is 0 Å². The van der Waals surface area contributed by atoms with E-state index in [0.29, 0.717) is 17.5 Å². The maximum atomic E-state index is 6.94. The highest BCUT2D eigenvalue weighted by atomic mass is 16.5. The summed E-state index contributed by atoms with van der Waals surface area (Å²) < 4.78 is 9.32. The molecule has 294 valence electrons. The summed E-state index contributed by atoms with van der Waals surface area (Å²) in [5.41, 5.74) is 15.0. The highest BCUT2D eigenvalue weighted by molar-refractivity contribution is 6.10. The van der Waals surface area contributed by atoms with Crippen LogP contribution < -0.4 is 4.74 Å². The normalized spacial score (nSPS) is 13.0. The van der Waals surface area contributed by atoms with Crippen molar-refractivity contribution in [3.8, 4) is 73.6 Å². The third kappa shape index (κ3) is 5.33. The van der Waals surface area contributed by atoms with Crippen LogP contribution >= 0.6 is 0 Å². The fraction of sp³-hybridized carbons (Fsp3) is 0.0172. The molecular weight excluding hydrogens is 769 g/mol. The minimum atomic E-state index is -0.580. The van der Waals surface area contributed by atoms with Crippen molar-refractivity contribution in [3.63, 3.8) is 0 Å². The summed E-state index contributed by atoms with van der Waals surface area (Å²) in [5.74, 6) is 3.60. The highest BCUT2D eigenvalue weighted by Crippen LogP contribution is 2.62. The molecule has 0 atom stereocenters. The van der Waals surface area contributed by atoms with Crippen LogP contribution in [0.15, 0.2) is 218 Å². The molecule has 1 spiro atoms.